The van der Waals surface area contributed by atoms with E-state index in [-0.39, 0.29) is 6.10 Å². The molecule has 1 N–H and O–H groups in total. The van der Waals surface area contributed by atoms with Gasteiger partial charge in [0.25, 0.3) is 0 Å². The first-order valence-electron chi connectivity index (χ1n) is 5.04. The summed E-state index contributed by atoms with van der Waals surface area (Å²) in [5.41, 5.74) is 0. The fourth-order valence-electron chi connectivity index (χ4n) is 1.61. The molecular formula is C10H21NO. The number of likely N-dealkylation sites (tertiary alicyclic amines) is 1. The van der Waals surface area contributed by atoms with Crippen molar-refractivity contribution in [3.8, 4) is 0 Å². The molecule has 0 aromatic carbocycles. The molecule has 2 heteroatoms. The van der Waals surface area contributed by atoms with Crippen molar-refractivity contribution in [3.05, 3.63) is 0 Å². The minimum absolute atomic E-state index is 0.113. The van der Waals surface area contributed by atoms with Gasteiger partial charge in [0.1, 0.15) is 0 Å². The van der Waals surface area contributed by atoms with E-state index in [2.05, 4.69) is 18.7 Å². The van der Waals surface area contributed by atoms with Crippen LogP contribution in [0.2, 0.25) is 0 Å². The number of rotatable bonds is 4. The highest BCUT2D eigenvalue weighted by atomic mass is 16.3. The number of β-amino-alcohol motifs (C(OH)–C–C–N with tert-alkyl or cyclic N) is 1. The Morgan fingerprint density at radius 3 is 2.42 bits per heavy atom. The van der Waals surface area contributed by atoms with Crippen LogP contribution < -0.4 is 0 Å². The Labute approximate surface area is 75.6 Å². The van der Waals surface area contributed by atoms with Crippen molar-refractivity contribution in [2.45, 2.75) is 33.3 Å². The lowest BCUT2D eigenvalue weighted by atomic mass is 9.88. The van der Waals surface area contributed by atoms with Crippen molar-refractivity contribution in [2.75, 3.05) is 19.6 Å². The van der Waals surface area contributed by atoms with Crippen LogP contribution >= 0.6 is 0 Å². The second-order valence-electron chi connectivity index (χ2n) is 4.28. The number of hydrogen-bond donors (Lipinski definition) is 1. The van der Waals surface area contributed by atoms with Crippen LogP contribution in [0, 0.1) is 11.8 Å². The van der Waals surface area contributed by atoms with Gasteiger partial charge in [-0.05, 0) is 18.3 Å². The second-order valence-corrected chi connectivity index (χ2v) is 4.28. The number of aliphatic hydroxyl groups is 1. The Hall–Kier alpha value is -0.0800. The molecule has 1 saturated heterocycles. The molecule has 1 aliphatic rings. The minimum atomic E-state index is -0.113. The van der Waals surface area contributed by atoms with Crippen molar-refractivity contribution < 1.29 is 5.11 Å². The Kier molecular flexibility index (Phi) is 3.53. The van der Waals surface area contributed by atoms with Crippen molar-refractivity contribution >= 4 is 0 Å². The molecule has 0 radical (unpaired) electrons. The molecule has 1 rings (SSSR count). The van der Waals surface area contributed by atoms with Gasteiger partial charge in [-0.2, -0.15) is 0 Å². The molecule has 72 valence electrons. The molecule has 12 heavy (non-hydrogen) atoms. The SMILES string of the molecule is CCC(O)CN1CC(C(C)C)C1. The lowest BCUT2D eigenvalue weighted by Crippen LogP contribution is -2.51. The van der Waals surface area contributed by atoms with E-state index in [9.17, 15) is 5.11 Å². The summed E-state index contributed by atoms with van der Waals surface area (Å²) in [7, 11) is 0. The third kappa shape index (κ3) is 2.46. The van der Waals surface area contributed by atoms with E-state index in [1.165, 1.54) is 13.1 Å². The van der Waals surface area contributed by atoms with Crippen LogP contribution in [-0.2, 0) is 0 Å². The predicted octanol–water partition coefficient (Wildman–Crippen LogP) is 1.35. The van der Waals surface area contributed by atoms with Crippen LogP contribution in [0.1, 0.15) is 27.2 Å². The van der Waals surface area contributed by atoms with Crippen molar-refractivity contribution in [1.29, 1.82) is 0 Å². The number of aliphatic hydroxyl groups excluding tert-OH is 1. The van der Waals surface area contributed by atoms with Gasteiger partial charge in [0.05, 0.1) is 6.10 Å². The van der Waals surface area contributed by atoms with Crippen molar-refractivity contribution in [1.82, 2.24) is 4.90 Å². The molecular weight excluding hydrogens is 150 g/mol. The van der Waals surface area contributed by atoms with E-state index in [4.69, 9.17) is 0 Å². The van der Waals surface area contributed by atoms with Crippen LogP contribution in [0.3, 0.4) is 0 Å². The van der Waals surface area contributed by atoms with Crippen LogP contribution in [0.15, 0.2) is 0 Å². The Morgan fingerprint density at radius 2 is 2.00 bits per heavy atom. The molecule has 0 amide bonds. The van der Waals surface area contributed by atoms with Gasteiger partial charge in [0, 0.05) is 19.6 Å². The smallest absolute Gasteiger partial charge is 0.0664 e. The molecule has 0 aliphatic carbocycles. The largest absolute Gasteiger partial charge is 0.392 e. The van der Waals surface area contributed by atoms with Gasteiger partial charge in [-0.1, -0.05) is 20.8 Å². The lowest BCUT2D eigenvalue weighted by Gasteiger charge is -2.42. The molecule has 0 aromatic rings. The fraction of sp³-hybridized carbons (Fsp3) is 1.00. The minimum Gasteiger partial charge on any atom is -0.392 e. The summed E-state index contributed by atoms with van der Waals surface area (Å²) >= 11 is 0. The summed E-state index contributed by atoms with van der Waals surface area (Å²) in [6.07, 6.45) is 0.765. The molecule has 1 fully saturated rings. The van der Waals surface area contributed by atoms with E-state index in [1.807, 2.05) is 6.92 Å². The molecule has 2 nitrogen and oxygen atoms in total. The lowest BCUT2D eigenvalue weighted by molar-refractivity contribution is 0.0212. The highest BCUT2D eigenvalue weighted by molar-refractivity contribution is 4.82. The molecule has 1 atom stereocenters. The van der Waals surface area contributed by atoms with Gasteiger partial charge in [0.2, 0.25) is 0 Å². The summed E-state index contributed by atoms with van der Waals surface area (Å²) in [5.74, 6) is 1.68. The van der Waals surface area contributed by atoms with E-state index < -0.39 is 0 Å². The zero-order valence-corrected chi connectivity index (χ0v) is 8.45. The first kappa shape index (κ1) is 10.0. The topological polar surface area (TPSA) is 23.5 Å². The highest BCUT2D eigenvalue weighted by Gasteiger charge is 2.29. The van der Waals surface area contributed by atoms with Crippen LogP contribution in [0.5, 0.6) is 0 Å². The maximum absolute atomic E-state index is 9.38. The van der Waals surface area contributed by atoms with E-state index in [1.54, 1.807) is 0 Å². The fourth-order valence-corrected chi connectivity index (χ4v) is 1.61. The predicted molar refractivity (Wildman–Crippen MR) is 51.1 cm³/mol. The highest BCUT2D eigenvalue weighted by Crippen LogP contribution is 2.23. The van der Waals surface area contributed by atoms with Gasteiger partial charge in [-0.25, -0.2) is 0 Å². The first-order valence-corrected chi connectivity index (χ1v) is 5.04. The summed E-state index contributed by atoms with van der Waals surface area (Å²) < 4.78 is 0. The van der Waals surface area contributed by atoms with Crippen molar-refractivity contribution in [3.63, 3.8) is 0 Å². The molecule has 0 aromatic heterocycles. The van der Waals surface area contributed by atoms with Gasteiger partial charge in [-0.3, -0.25) is 0 Å². The van der Waals surface area contributed by atoms with E-state index in [0.717, 1.165) is 24.8 Å². The summed E-state index contributed by atoms with van der Waals surface area (Å²) in [6, 6.07) is 0. The maximum atomic E-state index is 9.38. The Morgan fingerprint density at radius 1 is 1.42 bits per heavy atom. The zero-order chi connectivity index (χ0) is 9.14. The van der Waals surface area contributed by atoms with Crippen LogP contribution in [-0.4, -0.2) is 35.7 Å². The number of hydrogen-bond acceptors (Lipinski definition) is 2. The summed E-state index contributed by atoms with van der Waals surface area (Å²) in [6.45, 7) is 9.84. The normalized spacial score (nSPS) is 22.8. The molecule has 1 heterocycles. The summed E-state index contributed by atoms with van der Waals surface area (Å²) in [5, 5.41) is 9.38. The third-order valence-electron chi connectivity index (χ3n) is 2.87. The van der Waals surface area contributed by atoms with Gasteiger partial charge in [0.15, 0.2) is 0 Å². The Balaban J connectivity index is 2.09. The molecule has 0 bridgehead atoms. The number of nitrogens with zero attached hydrogens (tertiary/aromatic N) is 1. The average molecular weight is 171 g/mol. The Bertz CT molecular complexity index is 130. The second kappa shape index (κ2) is 4.24. The zero-order valence-electron chi connectivity index (χ0n) is 8.45. The van der Waals surface area contributed by atoms with Gasteiger partial charge in [-0.15, -0.1) is 0 Å². The van der Waals surface area contributed by atoms with Gasteiger partial charge < -0.3 is 10.0 Å². The maximum Gasteiger partial charge on any atom is 0.0664 e. The van der Waals surface area contributed by atoms with Gasteiger partial charge >= 0.3 is 0 Å². The average Bonchev–Trinajstić information content (AvgIpc) is 1.94. The van der Waals surface area contributed by atoms with Crippen LogP contribution in [0.4, 0.5) is 0 Å². The molecule has 1 aliphatic heterocycles. The summed E-state index contributed by atoms with van der Waals surface area (Å²) in [4.78, 5) is 2.35. The molecule has 0 spiro atoms. The quantitative estimate of drug-likeness (QED) is 0.690. The standard InChI is InChI=1S/C10H21NO/c1-4-10(12)7-11-5-9(6-11)8(2)3/h8-10,12H,4-7H2,1-3H3. The molecule has 1 unspecified atom stereocenters. The molecule has 0 saturated carbocycles. The third-order valence-corrected chi connectivity index (χ3v) is 2.87. The first-order chi connectivity index (χ1) is 5.63. The van der Waals surface area contributed by atoms with Crippen molar-refractivity contribution in [2.24, 2.45) is 11.8 Å². The monoisotopic (exact) mass is 171 g/mol. The van der Waals surface area contributed by atoms with E-state index >= 15 is 0 Å². The van der Waals surface area contributed by atoms with Crippen LogP contribution in [0.25, 0.3) is 0 Å². The van der Waals surface area contributed by atoms with E-state index in [0.29, 0.717) is 0 Å².